The molecule has 0 amide bonds. The summed E-state index contributed by atoms with van der Waals surface area (Å²) in [6.07, 6.45) is 5.59. The molecule has 5 rings (SSSR count). The van der Waals surface area contributed by atoms with Crippen LogP contribution in [0.4, 0.5) is 0 Å². The summed E-state index contributed by atoms with van der Waals surface area (Å²) < 4.78 is 5.46. The Bertz CT molecular complexity index is 1310. The van der Waals surface area contributed by atoms with E-state index in [0.29, 0.717) is 17.4 Å². The Balaban J connectivity index is 1.43. The number of benzene rings is 2. The van der Waals surface area contributed by atoms with Crippen molar-refractivity contribution in [2.45, 2.75) is 25.3 Å². The summed E-state index contributed by atoms with van der Waals surface area (Å²) in [6.45, 7) is 2.47. The van der Waals surface area contributed by atoms with Gasteiger partial charge in [-0.1, -0.05) is 29.8 Å². The molecule has 0 atom stereocenters. The number of piperidine rings is 1. The van der Waals surface area contributed by atoms with Gasteiger partial charge in [-0.15, -0.1) is 0 Å². The molecule has 4 aromatic rings. The molecule has 0 aliphatic carbocycles. The average Bonchev–Trinajstić information content (AvgIpc) is 2.91. The maximum absolute atomic E-state index is 10.2. The second-order valence-electron chi connectivity index (χ2n) is 8.76. The molecule has 7 heteroatoms. The number of phenolic OH excluding ortho intramolecular Hbond substituents is 1. The van der Waals surface area contributed by atoms with Crippen LogP contribution in [0.25, 0.3) is 22.6 Å². The molecule has 0 bridgehead atoms. The molecular weight excluding hydrogens is 460 g/mol. The minimum atomic E-state index is 0.283. The van der Waals surface area contributed by atoms with Crippen molar-refractivity contribution in [2.75, 3.05) is 20.2 Å². The summed E-state index contributed by atoms with van der Waals surface area (Å²) in [5.74, 6) is 2.01. The maximum Gasteiger partial charge on any atom is 0.178 e. The van der Waals surface area contributed by atoms with Gasteiger partial charge in [0.1, 0.15) is 17.2 Å². The van der Waals surface area contributed by atoms with Crippen molar-refractivity contribution in [3.8, 4) is 34.1 Å². The molecule has 35 heavy (non-hydrogen) atoms. The molecule has 1 saturated heterocycles. The SMILES string of the molecule is COc1cccc(-c2cnc(-c3ccccn3)nc2C2CCN(Cc3cc(Cl)ccc3O)CC2)c1. The van der Waals surface area contributed by atoms with E-state index in [9.17, 15) is 5.11 Å². The number of rotatable bonds is 6. The number of hydrogen-bond acceptors (Lipinski definition) is 6. The number of aromatic hydroxyl groups is 1. The highest BCUT2D eigenvalue weighted by Gasteiger charge is 2.26. The topological polar surface area (TPSA) is 71.4 Å². The first kappa shape index (κ1) is 23.3. The molecule has 2 aromatic heterocycles. The van der Waals surface area contributed by atoms with E-state index in [1.165, 1.54) is 0 Å². The Labute approximate surface area is 210 Å². The van der Waals surface area contributed by atoms with Gasteiger partial charge in [0, 0.05) is 41.0 Å². The Kier molecular flexibility index (Phi) is 6.93. The second kappa shape index (κ2) is 10.4. The Morgan fingerprint density at radius 2 is 1.89 bits per heavy atom. The maximum atomic E-state index is 10.2. The van der Waals surface area contributed by atoms with E-state index in [-0.39, 0.29) is 11.7 Å². The molecule has 6 nitrogen and oxygen atoms in total. The highest BCUT2D eigenvalue weighted by Crippen LogP contribution is 2.36. The zero-order valence-electron chi connectivity index (χ0n) is 19.6. The van der Waals surface area contributed by atoms with Crippen LogP contribution in [0.15, 0.2) is 73.1 Å². The van der Waals surface area contributed by atoms with Crippen LogP contribution in [0, 0.1) is 0 Å². The highest BCUT2D eigenvalue weighted by atomic mass is 35.5. The molecule has 1 aliphatic rings. The molecule has 1 N–H and O–H groups in total. The number of methoxy groups -OCH3 is 1. The fourth-order valence-electron chi connectivity index (χ4n) is 4.62. The first-order chi connectivity index (χ1) is 17.1. The van der Waals surface area contributed by atoms with Gasteiger partial charge in [-0.3, -0.25) is 9.88 Å². The zero-order valence-corrected chi connectivity index (χ0v) is 20.3. The van der Waals surface area contributed by atoms with Crippen molar-refractivity contribution in [3.05, 3.63) is 89.3 Å². The number of ether oxygens (including phenoxy) is 1. The summed E-state index contributed by atoms with van der Waals surface area (Å²) in [7, 11) is 1.67. The molecule has 178 valence electrons. The average molecular weight is 487 g/mol. The van der Waals surface area contributed by atoms with E-state index in [1.54, 1.807) is 25.4 Å². The third kappa shape index (κ3) is 5.29. The van der Waals surface area contributed by atoms with Gasteiger partial charge in [-0.05, 0) is 74.0 Å². The van der Waals surface area contributed by atoms with Crippen LogP contribution in [0.5, 0.6) is 11.5 Å². The van der Waals surface area contributed by atoms with Gasteiger partial charge in [0.2, 0.25) is 0 Å². The first-order valence-corrected chi connectivity index (χ1v) is 12.1. The number of halogens is 1. The van der Waals surface area contributed by atoms with Crippen LogP contribution in [-0.2, 0) is 6.54 Å². The number of aromatic nitrogens is 3. The minimum Gasteiger partial charge on any atom is -0.508 e. The molecule has 0 saturated carbocycles. The van der Waals surface area contributed by atoms with Crippen LogP contribution in [0.2, 0.25) is 5.02 Å². The predicted octanol–water partition coefficient (Wildman–Crippen LogP) is 5.95. The van der Waals surface area contributed by atoms with Crippen LogP contribution < -0.4 is 4.74 Å². The molecule has 0 radical (unpaired) electrons. The van der Waals surface area contributed by atoms with Crippen LogP contribution in [-0.4, -0.2) is 45.2 Å². The van der Waals surface area contributed by atoms with Crippen molar-refractivity contribution < 1.29 is 9.84 Å². The van der Waals surface area contributed by atoms with Crippen molar-refractivity contribution in [1.82, 2.24) is 19.9 Å². The Morgan fingerprint density at radius 3 is 2.66 bits per heavy atom. The summed E-state index contributed by atoms with van der Waals surface area (Å²) in [6, 6.07) is 19.0. The molecular formula is C28H27ClN4O2. The molecule has 3 heterocycles. The Hall–Kier alpha value is -3.48. The van der Waals surface area contributed by atoms with Crippen molar-refractivity contribution >= 4 is 11.6 Å². The summed E-state index contributed by atoms with van der Waals surface area (Å²) in [4.78, 5) is 16.5. The van der Waals surface area contributed by atoms with E-state index >= 15 is 0 Å². The number of phenols is 1. The molecule has 2 aromatic carbocycles. The third-order valence-corrected chi connectivity index (χ3v) is 6.74. The Morgan fingerprint density at radius 1 is 1.03 bits per heavy atom. The number of hydrogen-bond donors (Lipinski definition) is 1. The number of likely N-dealkylation sites (tertiary alicyclic amines) is 1. The van der Waals surface area contributed by atoms with Crippen LogP contribution in [0.1, 0.15) is 30.0 Å². The summed E-state index contributed by atoms with van der Waals surface area (Å²) in [5, 5.41) is 10.9. The third-order valence-electron chi connectivity index (χ3n) is 6.50. The van der Waals surface area contributed by atoms with E-state index in [0.717, 1.165) is 59.8 Å². The van der Waals surface area contributed by atoms with E-state index < -0.39 is 0 Å². The lowest BCUT2D eigenvalue weighted by Crippen LogP contribution is -2.33. The fourth-order valence-corrected chi connectivity index (χ4v) is 4.82. The summed E-state index contributed by atoms with van der Waals surface area (Å²) >= 11 is 6.14. The quantitative estimate of drug-likeness (QED) is 0.363. The van der Waals surface area contributed by atoms with Gasteiger partial charge < -0.3 is 9.84 Å². The highest BCUT2D eigenvalue weighted by molar-refractivity contribution is 6.30. The van der Waals surface area contributed by atoms with Crippen molar-refractivity contribution in [2.24, 2.45) is 0 Å². The van der Waals surface area contributed by atoms with E-state index in [1.807, 2.05) is 48.7 Å². The summed E-state index contributed by atoms with van der Waals surface area (Å²) in [5.41, 5.74) is 4.72. The van der Waals surface area contributed by atoms with Crippen molar-refractivity contribution in [3.63, 3.8) is 0 Å². The standard InChI is InChI=1S/C28H27ClN4O2/c1-35-23-6-4-5-20(16-23)24-17-31-28(25-7-2-3-12-30-25)32-27(24)19-10-13-33(14-11-19)18-21-15-22(29)8-9-26(21)34/h2-9,12,15-17,19,34H,10-11,13-14,18H2,1H3. The van der Waals surface area contributed by atoms with Gasteiger partial charge in [-0.2, -0.15) is 0 Å². The number of nitrogens with zero attached hydrogens (tertiary/aromatic N) is 4. The molecule has 1 aliphatic heterocycles. The lowest BCUT2D eigenvalue weighted by molar-refractivity contribution is 0.201. The smallest absolute Gasteiger partial charge is 0.178 e. The van der Waals surface area contributed by atoms with Crippen LogP contribution >= 0.6 is 11.6 Å². The van der Waals surface area contributed by atoms with E-state index in [2.05, 4.69) is 20.9 Å². The largest absolute Gasteiger partial charge is 0.508 e. The second-order valence-corrected chi connectivity index (χ2v) is 9.20. The monoisotopic (exact) mass is 486 g/mol. The lowest BCUT2D eigenvalue weighted by Gasteiger charge is -2.32. The van der Waals surface area contributed by atoms with Crippen LogP contribution in [0.3, 0.4) is 0 Å². The number of pyridine rings is 1. The normalized spacial score (nSPS) is 14.7. The van der Waals surface area contributed by atoms with Gasteiger partial charge >= 0.3 is 0 Å². The first-order valence-electron chi connectivity index (χ1n) is 11.7. The van der Waals surface area contributed by atoms with Gasteiger partial charge in [-0.25, -0.2) is 9.97 Å². The molecule has 0 unspecified atom stereocenters. The van der Waals surface area contributed by atoms with Gasteiger partial charge in [0.15, 0.2) is 5.82 Å². The zero-order chi connectivity index (χ0) is 24.2. The molecule has 0 spiro atoms. The predicted molar refractivity (Wildman–Crippen MR) is 138 cm³/mol. The van der Waals surface area contributed by atoms with Gasteiger partial charge in [0.05, 0.1) is 12.8 Å². The minimum absolute atomic E-state index is 0.283. The van der Waals surface area contributed by atoms with E-state index in [4.69, 9.17) is 21.3 Å². The van der Waals surface area contributed by atoms with Crippen molar-refractivity contribution in [1.29, 1.82) is 0 Å². The molecule has 1 fully saturated rings. The fraction of sp³-hybridized carbons (Fsp3) is 0.250. The lowest BCUT2D eigenvalue weighted by atomic mass is 9.88. The van der Waals surface area contributed by atoms with Gasteiger partial charge in [0.25, 0.3) is 0 Å².